The van der Waals surface area contributed by atoms with Crippen LogP contribution in [0.25, 0.3) is 10.9 Å². The number of hydrogen-bond acceptors (Lipinski definition) is 2. The number of aliphatic imine (C=N–C) groups is 1. The molecule has 0 aliphatic carbocycles. The quantitative estimate of drug-likeness (QED) is 0.521. The number of nitrogens with one attached hydrogen (secondary N) is 1. The summed E-state index contributed by atoms with van der Waals surface area (Å²) in [7, 11) is 0. The average molecular weight is 297 g/mol. The van der Waals surface area contributed by atoms with Crippen molar-refractivity contribution >= 4 is 28.5 Å². The van der Waals surface area contributed by atoms with E-state index in [1.165, 1.54) is 28.1 Å². The lowest BCUT2D eigenvalue weighted by molar-refractivity contribution is 0.508. The van der Waals surface area contributed by atoms with Crippen molar-refractivity contribution in [3.05, 3.63) is 30.5 Å². The van der Waals surface area contributed by atoms with Crippen molar-refractivity contribution in [3.63, 3.8) is 0 Å². The summed E-state index contributed by atoms with van der Waals surface area (Å²) in [6.07, 6.45) is 9.72. The van der Waals surface area contributed by atoms with E-state index < -0.39 is 0 Å². The first-order chi connectivity index (χ1) is 10.4. The molecule has 1 aromatic carbocycles. The molecule has 1 fully saturated rings. The Bertz CT molecular complexity index is 681. The fraction of sp³-hybridized carbons (Fsp3) is 0.353. The fourth-order valence-corrected chi connectivity index (χ4v) is 3.55. The molecule has 2 heterocycles. The minimum atomic E-state index is 0.689. The number of benzene rings is 1. The third-order valence-corrected chi connectivity index (χ3v) is 4.71. The van der Waals surface area contributed by atoms with Gasteiger partial charge in [-0.25, -0.2) is 0 Å². The number of nitrogens with zero attached hydrogens (tertiary/aromatic N) is 2. The van der Waals surface area contributed by atoms with Crippen LogP contribution in [-0.2, 0) is 0 Å². The van der Waals surface area contributed by atoms with E-state index in [1.54, 1.807) is 0 Å². The van der Waals surface area contributed by atoms with Gasteiger partial charge in [0.15, 0.2) is 0 Å². The van der Waals surface area contributed by atoms with Crippen LogP contribution < -0.4 is 0 Å². The fourth-order valence-electron chi connectivity index (χ4n) is 2.67. The van der Waals surface area contributed by atoms with E-state index >= 15 is 0 Å². The number of H-pyrrole nitrogens is 1. The first-order valence-corrected chi connectivity index (χ1v) is 8.27. The van der Waals surface area contributed by atoms with Crippen molar-refractivity contribution in [1.29, 1.82) is 0 Å². The highest BCUT2D eigenvalue weighted by Gasteiger charge is 2.16. The summed E-state index contributed by atoms with van der Waals surface area (Å²) in [5.41, 5.74) is 1.20. The summed E-state index contributed by atoms with van der Waals surface area (Å²) >= 11 is 1.86. The Hall–Kier alpha value is -1.86. The lowest BCUT2D eigenvalue weighted by Crippen LogP contribution is -2.25. The van der Waals surface area contributed by atoms with Crippen molar-refractivity contribution in [2.45, 2.75) is 17.7 Å². The number of terminal acetylenes is 1. The van der Waals surface area contributed by atoms with Gasteiger partial charge >= 0.3 is 0 Å². The molecular weight excluding hydrogens is 278 g/mol. The highest BCUT2D eigenvalue weighted by Crippen LogP contribution is 2.27. The van der Waals surface area contributed by atoms with Gasteiger partial charge in [-0.1, -0.05) is 24.1 Å². The lowest BCUT2D eigenvalue weighted by Gasteiger charge is -2.15. The van der Waals surface area contributed by atoms with Crippen molar-refractivity contribution < 1.29 is 0 Å². The number of aromatic amines is 1. The summed E-state index contributed by atoms with van der Waals surface area (Å²) < 4.78 is 0. The third kappa shape index (κ3) is 3.25. The number of rotatable bonds is 5. The summed E-state index contributed by atoms with van der Waals surface area (Å²) in [5.74, 6) is 4.89. The predicted molar refractivity (Wildman–Crippen MR) is 91.0 cm³/mol. The molecule has 2 aromatic rings. The number of amidine groups is 1. The molecule has 1 aliphatic rings. The Morgan fingerprint density at radius 2 is 2.29 bits per heavy atom. The molecule has 1 aromatic heterocycles. The van der Waals surface area contributed by atoms with E-state index in [-0.39, 0.29) is 0 Å². The van der Waals surface area contributed by atoms with Crippen molar-refractivity contribution in [3.8, 4) is 12.3 Å². The molecule has 21 heavy (non-hydrogen) atoms. The van der Waals surface area contributed by atoms with E-state index in [9.17, 15) is 0 Å². The smallest absolute Gasteiger partial charge is 0.0997 e. The SMILES string of the molecule is C#CCN1CCCC1=NCCSc1c[nH]c2ccccc12. The Morgan fingerprint density at radius 3 is 3.19 bits per heavy atom. The van der Waals surface area contributed by atoms with Crippen molar-refractivity contribution in [2.24, 2.45) is 4.99 Å². The Labute approximate surface area is 129 Å². The van der Waals surface area contributed by atoms with Crippen LogP contribution in [0.5, 0.6) is 0 Å². The summed E-state index contributed by atoms with van der Waals surface area (Å²) in [4.78, 5) is 11.5. The van der Waals surface area contributed by atoms with Gasteiger partial charge < -0.3 is 9.88 Å². The molecule has 4 heteroatoms. The second-order valence-corrected chi connectivity index (χ2v) is 6.21. The molecule has 3 nitrogen and oxygen atoms in total. The van der Waals surface area contributed by atoms with Gasteiger partial charge in [-0.3, -0.25) is 4.99 Å². The summed E-state index contributed by atoms with van der Waals surface area (Å²) in [6, 6.07) is 8.40. The Morgan fingerprint density at radius 1 is 1.38 bits per heavy atom. The maximum atomic E-state index is 5.39. The number of likely N-dealkylation sites (tertiary alicyclic amines) is 1. The number of hydrogen-bond donors (Lipinski definition) is 1. The van der Waals surface area contributed by atoms with Gasteiger partial charge in [-0.15, -0.1) is 18.2 Å². The van der Waals surface area contributed by atoms with Gasteiger partial charge in [-0.05, 0) is 12.5 Å². The highest BCUT2D eigenvalue weighted by atomic mass is 32.2. The molecule has 3 rings (SSSR count). The molecule has 1 aliphatic heterocycles. The predicted octanol–water partition coefficient (Wildman–Crippen LogP) is 3.39. The third-order valence-electron chi connectivity index (χ3n) is 3.67. The second kappa shape index (κ2) is 6.73. The van der Waals surface area contributed by atoms with Crippen molar-refractivity contribution in [1.82, 2.24) is 9.88 Å². The zero-order valence-corrected chi connectivity index (χ0v) is 12.8. The van der Waals surface area contributed by atoms with Gasteiger partial charge in [0.05, 0.1) is 18.9 Å². The normalized spacial score (nSPS) is 16.7. The van der Waals surface area contributed by atoms with Gasteiger partial charge in [-0.2, -0.15) is 0 Å². The average Bonchev–Trinajstić information content (AvgIpc) is 3.11. The first kappa shape index (κ1) is 14.1. The second-order valence-electron chi connectivity index (χ2n) is 5.07. The van der Waals surface area contributed by atoms with Gasteiger partial charge in [0.2, 0.25) is 0 Å². The number of fused-ring (bicyclic) bond motifs is 1. The molecule has 0 amide bonds. The van der Waals surface area contributed by atoms with Crippen LogP contribution in [0.4, 0.5) is 0 Å². The van der Waals surface area contributed by atoms with Crippen LogP contribution in [0.1, 0.15) is 12.8 Å². The Balaban J connectivity index is 1.56. The monoisotopic (exact) mass is 297 g/mol. The molecule has 0 unspecified atom stereocenters. The van der Waals surface area contributed by atoms with Gasteiger partial charge in [0.25, 0.3) is 0 Å². The number of para-hydroxylation sites is 1. The minimum absolute atomic E-state index is 0.689. The highest BCUT2D eigenvalue weighted by molar-refractivity contribution is 7.99. The van der Waals surface area contributed by atoms with Gasteiger partial charge in [0, 0.05) is 40.7 Å². The first-order valence-electron chi connectivity index (χ1n) is 7.29. The standard InChI is InChI=1S/C17H19N3S/c1-2-10-20-11-5-8-17(20)18-9-12-21-16-13-19-15-7-4-3-6-14(15)16/h1,3-4,6-7,13,19H,5,8-12H2. The van der Waals surface area contributed by atoms with E-state index in [4.69, 9.17) is 11.4 Å². The largest absolute Gasteiger partial charge is 0.360 e. The van der Waals surface area contributed by atoms with E-state index in [1.807, 2.05) is 11.8 Å². The van der Waals surface area contributed by atoms with Crippen molar-refractivity contribution in [2.75, 3.05) is 25.4 Å². The molecule has 1 N–H and O–H groups in total. The van der Waals surface area contributed by atoms with E-state index in [2.05, 4.69) is 46.3 Å². The van der Waals surface area contributed by atoms with Crippen LogP contribution in [-0.4, -0.2) is 41.1 Å². The molecule has 0 radical (unpaired) electrons. The zero-order chi connectivity index (χ0) is 14.5. The van der Waals surface area contributed by atoms with Crippen LogP contribution in [0, 0.1) is 12.3 Å². The van der Waals surface area contributed by atoms with Crippen LogP contribution in [0.2, 0.25) is 0 Å². The Kier molecular flexibility index (Phi) is 4.52. The van der Waals surface area contributed by atoms with E-state index in [0.29, 0.717) is 6.54 Å². The molecule has 0 spiro atoms. The topological polar surface area (TPSA) is 31.4 Å². The zero-order valence-electron chi connectivity index (χ0n) is 12.0. The van der Waals surface area contributed by atoms with E-state index in [0.717, 1.165) is 25.3 Å². The van der Waals surface area contributed by atoms with Gasteiger partial charge in [0.1, 0.15) is 0 Å². The molecule has 1 saturated heterocycles. The lowest BCUT2D eigenvalue weighted by atomic mass is 10.2. The number of thioether (sulfide) groups is 1. The maximum absolute atomic E-state index is 5.39. The molecule has 0 bridgehead atoms. The molecular formula is C17H19N3S. The maximum Gasteiger partial charge on any atom is 0.0997 e. The van der Waals surface area contributed by atoms with Crippen LogP contribution in [0.3, 0.4) is 0 Å². The summed E-state index contributed by atoms with van der Waals surface area (Å²) in [6.45, 7) is 2.59. The van der Waals surface area contributed by atoms with Crippen LogP contribution in [0.15, 0.2) is 40.4 Å². The molecule has 0 saturated carbocycles. The molecule has 108 valence electrons. The molecule has 0 atom stereocenters. The number of aromatic nitrogens is 1. The minimum Gasteiger partial charge on any atom is -0.360 e. The van der Waals surface area contributed by atoms with Crippen LogP contribution >= 0.6 is 11.8 Å². The summed E-state index contributed by atoms with van der Waals surface area (Å²) in [5, 5.41) is 1.30.